The van der Waals surface area contributed by atoms with Crippen LogP contribution in [-0.4, -0.2) is 30.0 Å². The summed E-state index contributed by atoms with van der Waals surface area (Å²) in [6.07, 6.45) is -3.67. The molecule has 0 bridgehead atoms. The number of ether oxygens (including phenoxy) is 2. The van der Waals surface area contributed by atoms with Crippen LogP contribution in [0.5, 0.6) is 0 Å². The van der Waals surface area contributed by atoms with Gasteiger partial charge < -0.3 is 9.47 Å². The van der Waals surface area contributed by atoms with E-state index in [1.807, 2.05) is 0 Å². The van der Waals surface area contributed by atoms with Crippen molar-refractivity contribution < 1.29 is 27.4 Å². The predicted molar refractivity (Wildman–Crippen MR) is 62.0 cm³/mol. The van der Waals surface area contributed by atoms with Gasteiger partial charge in [-0.2, -0.15) is 13.2 Å². The first-order chi connectivity index (χ1) is 9.45. The van der Waals surface area contributed by atoms with Crippen molar-refractivity contribution in [1.82, 2.24) is 4.98 Å². The maximum absolute atomic E-state index is 12.9. The molecule has 0 spiro atoms. The molecule has 0 amide bonds. The molecule has 0 N–H and O–H groups in total. The summed E-state index contributed by atoms with van der Waals surface area (Å²) >= 11 is 0. The fraction of sp³-hybridized carbons (Fsp3) is 0.417. The van der Waals surface area contributed by atoms with Gasteiger partial charge in [0.1, 0.15) is 0 Å². The lowest BCUT2D eigenvalue weighted by Gasteiger charge is -2.19. The highest BCUT2D eigenvalue weighted by molar-refractivity contribution is 5.80. The minimum atomic E-state index is -4.59. The minimum Gasteiger partial charge on any atom is -0.471 e. The van der Waals surface area contributed by atoms with Crippen molar-refractivity contribution in [3.8, 4) is 0 Å². The molecule has 0 radical (unpaired) electrons. The summed E-state index contributed by atoms with van der Waals surface area (Å²) in [5.41, 5.74) is -1.33. The summed E-state index contributed by atoms with van der Waals surface area (Å²) in [4.78, 5) is 19.1. The first kappa shape index (κ1) is 14.3. The number of rotatable bonds is 3. The van der Waals surface area contributed by atoms with E-state index in [9.17, 15) is 18.0 Å². The molecule has 1 aliphatic rings. The Kier molecular flexibility index (Phi) is 3.91. The van der Waals surface area contributed by atoms with Crippen molar-refractivity contribution in [3.05, 3.63) is 29.6 Å². The van der Waals surface area contributed by atoms with Crippen LogP contribution in [0.4, 0.5) is 13.2 Å². The van der Waals surface area contributed by atoms with Gasteiger partial charge in [0.25, 0.3) is 0 Å². The van der Waals surface area contributed by atoms with Crippen LogP contribution in [0, 0.1) is 0 Å². The van der Waals surface area contributed by atoms with Gasteiger partial charge in [0.05, 0.1) is 17.9 Å². The van der Waals surface area contributed by atoms with Crippen molar-refractivity contribution in [2.75, 3.05) is 6.61 Å². The molecule has 8 heteroatoms. The average molecular weight is 288 g/mol. The lowest BCUT2D eigenvalue weighted by molar-refractivity contribution is -0.148. The summed E-state index contributed by atoms with van der Waals surface area (Å²) in [6, 6.07) is 0.874. The zero-order chi connectivity index (χ0) is 14.8. The third-order valence-electron chi connectivity index (χ3n) is 2.66. The predicted octanol–water partition coefficient (Wildman–Crippen LogP) is 2.13. The van der Waals surface area contributed by atoms with Gasteiger partial charge in [-0.3, -0.25) is 4.98 Å². The van der Waals surface area contributed by atoms with Crippen LogP contribution in [0.15, 0.2) is 23.3 Å². The van der Waals surface area contributed by atoms with Crippen LogP contribution in [-0.2, 0) is 20.4 Å². The fourth-order valence-electron chi connectivity index (χ4n) is 1.83. The van der Waals surface area contributed by atoms with E-state index in [-0.39, 0.29) is 12.3 Å². The second kappa shape index (κ2) is 5.48. The molecule has 0 saturated carbocycles. The molecule has 2 heterocycles. The topological polar surface area (TPSA) is 60.8 Å². The van der Waals surface area contributed by atoms with Gasteiger partial charge in [0.15, 0.2) is 18.5 Å². The number of alkyl halides is 3. The number of carbonyl (C=O) groups is 1. The highest BCUT2D eigenvalue weighted by Crippen LogP contribution is 2.37. The van der Waals surface area contributed by atoms with E-state index in [4.69, 9.17) is 9.47 Å². The normalized spacial score (nSPS) is 21.6. The average Bonchev–Trinajstić information content (AvgIpc) is 2.87. The Labute approximate surface area is 112 Å². The van der Waals surface area contributed by atoms with Gasteiger partial charge in [-0.1, -0.05) is 0 Å². The van der Waals surface area contributed by atoms with E-state index >= 15 is 0 Å². The second-order valence-corrected chi connectivity index (χ2v) is 3.94. The molecular formula is C12H11F3N2O3. The lowest BCUT2D eigenvalue weighted by Crippen LogP contribution is -2.28. The number of esters is 1. The summed E-state index contributed by atoms with van der Waals surface area (Å²) < 4.78 is 48.5. The number of pyridine rings is 1. The van der Waals surface area contributed by atoms with Gasteiger partial charge in [0.2, 0.25) is 0 Å². The van der Waals surface area contributed by atoms with E-state index < -0.39 is 29.9 Å². The molecular weight excluding hydrogens is 277 g/mol. The van der Waals surface area contributed by atoms with E-state index in [0.717, 1.165) is 12.5 Å². The molecule has 1 aliphatic heterocycles. The molecule has 0 aromatic carbocycles. The van der Waals surface area contributed by atoms with Crippen molar-refractivity contribution in [3.63, 3.8) is 0 Å². The summed E-state index contributed by atoms with van der Waals surface area (Å²) in [5.74, 6) is -0.745. The molecule has 0 saturated heterocycles. The number of hydrogen-bond donors (Lipinski definition) is 0. The van der Waals surface area contributed by atoms with Crippen molar-refractivity contribution in [2.24, 2.45) is 4.99 Å². The number of nitrogens with zero attached hydrogens (tertiary/aromatic N) is 2. The lowest BCUT2D eigenvalue weighted by atomic mass is 10.0. The molecule has 2 atom stereocenters. The zero-order valence-electron chi connectivity index (χ0n) is 10.4. The zero-order valence-corrected chi connectivity index (χ0v) is 10.4. The SMILES string of the molecule is CCOC(=O)[C@H]1N=CO[C@@H]1c1ncccc1C(F)(F)F. The van der Waals surface area contributed by atoms with Gasteiger partial charge in [-0.05, 0) is 19.1 Å². The first-order valence-corrected chi connectivity index (χ1v) is 5.81. The van der Waals surface area contributed by atoms with E-state index in [2.05, 4.69) is 9.98 Å². The molecule has 2 rings (SSSR count). The first-order valence-electron chi connectivity index (χ1n) is 5.81. The van der Waals surface area contributed by atoms with Gasteiger partial charge in [0, 0.05) is 6.20 Å². The van der Waals surface area contributed by atoms with E-state index in [0.29, 0.717) is 0 Å². The van der Waals surface area contributed by atoms with Crippen molar-refractivity contribution in [1.29, 1.82) is 0 Å². The molecule has 20 heavy (non-hydrogen) atoms. The minimum absolute atomic E-state index is 0.103. The van der Waals surface area contributed by atoms with E-state index in [1.165, 1.54) is 12.3 Å². The Balaban J connectivity index is 2.34. The number of halogens is 3. The van der Waals surface area contributed by atoms with Crippen LogP contribution < -0.4 is 0 Å². The molecule has 5 nitrogen and oxygen atoms in total. The Hall–Kier alpha value is -2.12. The van der Waals surface area contributed by atoms with Gasteiger partial charge in [-0.15, -0.1) is 0 Å². The Morgan fingerprint density at radius 2 is 2.25 bits per heavy atom. The number of hydrogen-bond acceptors (Lipinski definition) is 5. The highest BCUT2D eigenvalue weighted by Gasteiger charge is 2.43. The maximum Gasteiger partial charge on any atom is 0.418 e. The maximum atomic E-state index is 12.9. The number of carbonyl (C=O) groups excluding carboxylic acids is 1. The smallest absolute Gasteiger partial charge is 0.418 e. The molecule has 0 fully saturated rings. The highest BCUT2D eigenvalue weighted by atomic mass is 19.4. The molecule has 1 aromatic rings. The quantitative estimate of drug-likeness (QED) is 0.799. The summed E-state index contributed by atoms with van der Waals surface area (Å²) in [5, 5.41) is 0. The second-order valence-electron chi connectivity index (χ2n) is 3.94. The molecule has 1 aromatic heterocycles. The summed E-state index contributed by atoms with van der Waals surface area (Å²) in [6.45, 7) is 1.69. The van der Waals surface area contributed by atoms with Crippen molar-refractivity contribution >= 4 is 12.4 Å². The third kappa shape index (κ3) is 2.73. The van der Waals surface area contributed by atoms with Crippen LogP contribution in [0.3, 0.4) is 0 Å². The third-order valence-corrected chi connectivity index (χ3v) is 2.66. The van der Waals surface area contributed by atoms with Gasteiger partial charge >= 0.3 is 12.1 Å². The Morgan fingerprint density at radius 3 is 2.90 bits per heavy atom. The van der Waals surface area contributed by atoms with Crippen LogP contribution in [0.25, 0.3) is 0 Å². The van der Waals surface area contributed by atoms with E-state index in [1.54, 1.807) is 6.92 Å². The molecule has 108 valence electrons. The molecule has 0 unspecified atom stereocenters. The standard InChI is InChI=1S/C12H11F3N2O3/c1-2-19-11(18)9-10(20-6-17-9)8-7(12(13,14)15)4-3-5-16-8/h3-6,9-10H,2H2,1H3/t9-,10+/m0/s1. The van der Waals surface area contributed by atoms with Crippen LogP contribution in [0.1, 0.15) is 24.3 Å². The Morgan fingerprint density at radius 1 is 1.50 bits per heavy atom. The number of aromatic nitrogens is 1. The molecule has 0 aliphatic carbocycles. The summed E-state index contributed by atoms with van der Waals surface area (Å²) in [7, 11) is 0. The fourth-order valence-corrected chi connectivity index (χ4v) is 1.83. The Bertz CT molecular complexity index is 531. The van der Waals surface area contributed by atoms with Crippen LogP contribution in [0.2, 0.25) is 0 Å². The number of aliphatic imine (C=N–C) groups is 1. The van der Waals surface area contributed by atoms with Gasteiger partial charge in [-0.25, -0.2) is 9.79 Å². The van der Waals surface area contributed by atoms with Crippen LogP contribution >= 0.6 is 0 Å². The van der Waals surface area contributed by atoms with Crippen molar-refractivity contribution in [2.45, 2.75) is 25.2 Å². The largest absolute Gasteiger partial charge is 0.471 e. The monoisotopic (exact) mass is 288 g/mol.